The van der Waals surface area contributed by atoms with Gasteiger partial charge >= 0.3 is 6.03 Å². The quantitative estimate of drug-likeness (QED) is 0.148. The van der Waals surface area contributed by atoms with Gasteiger partial charge in [0, 0.05) is 78.3 Å². The van der Waals surface area contributed by atoms with Crippen LogP contribution in [-0.2, 0) is 25.9 Å². The Morgan fingerprint density at radius 2 is 1.01 bits per heavy atom. The van der Waals surface area contributed by atoms with Crippen molar-refractivity contribution >= 4 is 11.9 Å². The van der Waals surface area contributed by atoms with Crippen LogP contribution in [0, 0.1) is 13.8 Å². The lowest BCUT2D eigenvalue weighted by molar-refractivity contribution is -1.18. The van der Waals surface area contributed by atoms with Crippen LogP contribution >= 0.6 is 0 Å². The van der Waals surface area contributed by atoms with Crippen molar-refractivity contribution in [2.45, 2.75) is 122 Å². The summed E-state index contributed by atoms with van der Waals surface area (Å²) in [6.45, 7) is 17.3. The normalized spacial score (nSPS) is 28.4. The molecule has 10 heteroatoms. The number of aryl methyl sites for hydroxylation is 4. The predicted molar refractivity (Wildman–Crippen MR) is 269 cm³/mol. The number of quaternary nitrogens is 2. The Kier molecular flexibility index (Phi) is 11.1. The molecule has 1 aliphatic carbocycles. The molecule has 4 atom stereocenters. The van der Waals surface area contributed by atoms with Gasteiger partial charge in [-0.2, -0.15) is 8.97 Å². The van der Waals surface area contributed by atoms with Gasteiger partial charge in [-0.15, -0.1) is 0 Å². The second kappa shape index (κ2) is 17.2. The Labute approximate surface area is 400 Å². The van der Waals surface area contributed by atoms with Gasteiger partial charge in [0.05, 0.1) is 25.2 Å². The lowest BCUT2D eigenvalue weighted by atomic mass is 9.87. The molecular weight excluding hydrogens is 829 g/mol. The summed E-state index contributed by atoms with van der Waals surface area (Å²) in [4.78, 5) is 20.0. The fourth-order valence-corrected chi connectivity index (χ4v) is 14.5. The molecule has 4 aromatic carbocycles. The number of guanidine groups is 2. The van der Waals surface area contributed by atoms with E-state index in [1.807, 2.05) is 0 Å². The SMILES string of the molecule is Cc1cc(-c2ccccc2CCCN2CCCN3CCCN=C32)cc2c1OC13Oc4c(C)cc(-c5ccccc5CCCN5CCCN6CCCN=C65)cc4C[N+]1(C)C1CCCCC1[N+]3(C)C2. The first-order chi connectivity index (χ1) is 32.7. The van der Waals surface area contributed by atoms with Crippen molar-refractivity contribution in [3.63, 3.8) is 0 Å². The minimum Gasteiger partial charge on any atom is -0.358 e. The summed E-state index contributed by atoms with van der Waals surface area (Å²) in [6.07, 6.45) is 14.1. The maximum absolute atomic E-state index is 7.73. The molecule has 0 amide bonds. The zero-order valence-electron chi connectivity index (χ0n) is 40.9. The molecular formula is C57H74N8O2+2. The van der Waals surface area contributed by atoms with E-state index < -0.39 is 6.03 Å². The van der Waals surface area contributed by atoms with Gasteiger partial charge in [0.1, 0.15) is 24.6 Å². The second-order valence-corrected chi connectivity index (χ2v) is 21.8. The highest BCUT2D eigenvalue weighted by molar-refractivity contribution is 5.82. The number of hydrogen-bond donors (Lipinski definition) is 0. The zero-order valence-corrected chi connectivity index (χ0v) is 40.9. The smallest absolute Gasteiger partial charge is 0.358 e. The highest BCUT2D eigenvalue weighted by Gasteiger charge is 2.84. The molecule has 7 aliphatic heterocycles. The van der Waals surface area contributed by atoms with Crippen molar-refractivity contribution in [1.29, 1.82) is 0 Å². The standard InChI is InChI=1S/C57H74N8O2/c1-41-35-45(49-21-7-5-17-43(49)19-11-27-60-31-15-33-62-29-13-25-58-55(60)62)37-47-39-64(3)51-23-9-10-24-52(51)65(4)40-48-38-46(36-42(2)54(48)67-57(64,65)66-53(41)47)50-22-8-6-18-44(50)20-12-28-61-32-16-34-63-30-14-26-59-56(61)63/h5-8,17-18,21-22,35-38,51-52H,9-16,19-20,23-34,39-40H2,1-4H3/q+2. The van der Waals surface area contributed by atoms with Crippen molar-refractivity contribution in [3.8, 4) is 33.8 Å². The molecule has 3 saturated heterocycles. The molecule has 4 aromatic rings. The number of likely N-dealkylation sites (N-methyl/N-ethyl adjacent to an activating group) is 2. The lowest BCUT2D eigenvalue weighted by Crippen LogP contribution is -2.79. The van der Waals surface area contributed by atoms with Crippen LogP contribution in [0.4, 0.5) is 0 Å². The van der Waals surface area contributed by atoms with Gasteiger partial charge in [-0.1, -0.05) is 48.5 Å². The third-order valence-corrected chi connectivity index (χ3v) is 17.5. The highest BCUT2D eigenvalue weighted by atomic mass is 16.8. The van der Waals surface area contributed by atoms with Crippen LogP contribution < -0.4 is 9.47 Å². The summed E-state index contributed by atoms with van der Waals surface area (Å²) in [5.74, 6) is 4.55. The first-order valence-corrected chi connectivity index (χ1v) is 26.3. The minimum atomic E-state index is -0.868. The molecule has 7 heterocycles. The van der Waals surface area contributed by atoms with Crippen LogP contribution in [0.5, 0.6) is 11.5 Å². The van der Waals surface area contributed by atoms with E-state index in [0.29, 0.717) is 12.1 Å². The molecule has 352 valence electrons. The van der Waals surface area contributed by atoms with E-state index in [0.717, 1.165) is 125 Å². The van der Waals surface area contributed by atoms with E-state index in [4.69, 9.17) is 19.5 Å². The summed E-state index contributed by atoms with van der Waals surface area (Å²) >= 11 is 0. The number of rotatable bonds is 10. The second-order valence-electron chi connectivity index (χ2n) is 21.8. The summed E-state index contributed by atoms with van der Waals surface area (Å²) in [6, 6.07) is 28.1. The van der Waals surface area contributed by atoms with Crippen molar-refractivity contribution in [2.24, 2.45) is 9.98 Å². The number of benzene rings is 4. The van der Waals surface area contributed by atoms with Crippen molar-refractivity contribution in [2.75, 3.05) is 79.5 Å². The molecule has 0 bridgehead atoms. The number of nitrogens with zero attached hydrogens (tertiary/aromatic N) is 8. The Bertz CT molecular complexity index is 2430. The van der Waals surface area contributed by atoms with Gasteiger partial charge < -0.3 is 29.1 Å². The monoisotopic (exact) mass is 903 g/mol. The minimum absolute atomic E-state index is 0.448. The average molecular weight is 903 g/mol. The van der Waals surface area contributed by atoms with E-state index in [1.165, 1.54) is 119 Å². The van der Waals surface area contributed by atoms with Gasteiger partial charge in [-0.3, -0.25) is 9.98 Å². The van der Waals surface area contributed by atoms with E-state index in [-0.39, 0.29) is 0 Å². The number of hydrogen-bond acceptors (Lipinski definition) is 8. The van der Waals surface area contributed by atoms with E-state index >= 15 is 0 Å². The van der Waals surface area contributed by atoms with Gasteiger partial charge in [0.15, 0.2) is 24.0 Å². The first-order valence-electron chi connectivity index (χ1n) is 26.3. The van der Waals surface area contributed by atoms with Crippen LogP contribution in [0.25, 0.3) is 22.3 Å². The van der Waals surface area contributed by atoms with Crippen LogP contribution in [0.2, 0.25) is 0 Å². The molecule has 0 radical (unpaired) electrons. The third-order valence-electron chi connectivity index (χ3n) is 17.5. The molecule has 0 aromatic heterocycles. The van der Waals surface area contributed by atoms with Crippen LogP contribution in [0.15, 0.2) is 82.8 Å². The fraction of sp³-hybridized carbons (Fsp3) is 0.544. The van der Waals surface area contributed by atoms with Crippen LogP contribution in [0.1, 0.15) is 97.6 Å². The van der Waals surface area contributed by atoms with Crippen LogP contribution in [0.3, 0.4) is 0 Å². The largest absolute Gasteiger partial charge is 0.563 e. The fourth-order valence-electron chi connectivity index (χ4n) is 14.5. The van der Waals surface area contributed by atoms with Gasteiger partial charge in [-0.25, -0.2) is 0 Å². The first kappa shape index (κ1) is 43.2. The third kappa shape index (κ3) is 7.16. The van der Waals surface area contributed by atoms with Crippen LogP contribution in [-0.4, -0.2) is 138 Å². The van der Waals surface area contributed by atoms with Gasteiger partial charge in [0.25, 0.3) is 0 Å². The van der Waals surface area contributed by atoms with Gasteiger partial charge in [-0.05, 0) is 147 Å². The van der Waals surface area contributed by atoms with E-state index in [2.05, 4.69) is 120 Å². The van der Waals surface area contributed by atoms with Crippen molar-refractivity contribution in [3.05, 3.63) is 106 Å². The molecule has 10 nitrogen and oxygen atoms in total. The van der Waals surface area contributed by atoms with Crippen molar-refractivity contribution in [1.82, 2.24) is 19.6 Å². The summed E-state index contributed by atoms with van der Waals surface area (Å²) in [5.41, 5.74) is 13.2. The molecule has 8 aliphatic rings. The van der Waals surface area contributed by atoms with Gasteiger partial charge in [0.2, 0.25) is 0 Å². The van der Waals surface area contributed by atoms with E-state index in [9.17, 15) is 0 Å². The molecule has 4 fully saturated rings. The average Bonchev–Trinajstić information content (AvgIpc) is 3.52. The molecule has 1 saturated carbocycles. The maximum Gasteiger partial charge on any atom is 0.563 e. The Morgan fingerprint density at radius 1 is 0.567 bits per heavy atom. The molecule has 67 heavy (non-hydrogen) atoms. The summed E-state index contributed by atoms with van der Waals surface area (Å²) in [7, 11) is 4.97. The number of aliphatic imine (C=N–C) groups is 2. The zero-order chi connectivity index (χ0) is 45.3. The number of fused-ring (bicyclic) bond motifs is 7. The molecule has 12 rings (SSSR count). The molecule has 1 spiro atoms. The maximum atomic E-state index is 7.73. The predicted octanol–water partition coefficient (Wildman–Crippen LogP) is 9.35. The van der Waals surface area contributed by atoms with E-state index in [1.54, 1.807) is 0 Å². The summed E-state index contributed by atoms with van der Waals surface area (Å²) in [5, 5.41) is 0. The number of ether oxygens (including phenoxy) is 2. The Morgan fingerprint density at radius 3 is 1.49 bits per heavy atom. The lowest BCUT2D eigenvalue weighted by Gasteiger charge is -2.53. The molecule has 0 N–H and O–H groups in total. The van der Waals surface area contributed by atoms with Crippen molar-refractivity contribution < 1.29 is 18.4 Å². The summed E-state index contributed by atoms with van der Waals surface area (Å²) < 4.78 is 17.0. The Hall–Kier alpha value is -5.06. The molecule has 4 unspecified atom stereocenters. The Balaban J connectivity index is 0.827. The highest BCUT2D eigenvalue weighted by Crippen LogP contribution is 2.60. The topological polar surface area (TPSA) is 56.1 Å².